The summed E-state index contributed by atoms with van der Waals surface area (Å²) in [6.07, 6.45) is 3.83. The standard InChI is InChI=1S/C11H15N3O/c1-8-12-6-5-10(13-8)11-4-3-7-14(11)9(2)15/h5-6,11H,3-4,7H2,1-2H3. The van der Waals surface area contributed by atoms with Crippen LogP contribution in [0.15, 0.2) is 12.3 Å². The Bertz CT molecular complexity index is 378. The molecule has 1 unspecified atom stereocenters. The third-order valence-electron chi connectivity index (χ3n) is 2.80. The summed E-state index contributed by atoms with van der Waals surface area (Å²) in [7, 11) is 0. The molecule has 1 aliphatic heterocycles. The van der Waals surface area contributed by atoms with Crippen molar-refractivity contribution in [3.63, 3.8) is 0 Å². The molecule has 1 fully saturated rings. The highest BCUT2D eigenvalue weighted by Gasteiger charge is 2.28. The normalized spacial score (nSPS) is 20.7. The molecule has 1 amide bonds. The molecular weight excluding hydrogens is 190 g/mol. The third kappa shape index (κ3) is 1.98. The van der Waals surface area contributed by atoms with Gasteiger partial charge in [0.25, 0.3) is 0 Å². The van der Waals surface area contributed by atoms with E-state index < -0.39 is 0 Å². The Morgan fingerprint density at radius 1 is 1.60 bits per heavy atom. The monoisotopic (exact) mass is 205 g/mol. The van der Waals surface area contributed by atoms with Crippen molar-refractivity contribution in [3.8, 4) is 0 Å². The summed E-state index contributed by atoms with van der Waals surface area (Å²) in [5, 5.41) is 0. The molecule has 15 heavy (non-hydrogen) atoms. The van der Waals surface area contributed by atoms with Gasteiger partial charge in [-0.1, -0.05) is 0 Å². The molecular formula is C11H15N3O. The molecule has 4 nitrogen and oxygen atoms in total. The summed E-state index contributed by atoms with van der Waals surface area (Å²) >= 11 is 0. The van der Waals surface area contributed by atoms with E-state index in [2.05, 4.69) is 9.97 Å². The highest BCUT2D eigenvalue weighted by molar-refractivity contribution is 5.74. The Morgan fingerprint density at radius 2 is 2.40 bits per heavy atom. The average Bonchev–Trinajstić information content (AvgIpc) is 2.65. The van der Waals surface area contributed by atoms with Crippen LogP contribution in [0.5, 0.6) is 0 Å². The molecule has 0 radical (unpaired) electrons. The van der Waals surface area contributed by atoms with Gasteiger partial charge in [0.05, 0.1) is 11.7 Å². The van der Waals surface area contributed by atoms with Gasteiger partial charge in [0.15, 0.2) is 0 Å². The van der Waals surface area contributed by atoms with Crippen LogP contribution in [0.2, 0.25) is 0 Å². The van der Waals surface area contributed by atoms with E-state index in [-0.39, 0.29) is 11.9 Å². The number of carbonyl (C=O) groups is 1. The molecule has 4 heteroatoms. The lowest BCUT2D eigenvalue weighted by atomic mass is 10.1. The van der Waals surface area contributed by atoms with Crippen molar-refractivity contribution in [1.29, 1.82) is 0 Å². The largest absolute Gasteiger partial charge is 0.334 e. The highest BCUT2D eigenvalue weighted by atomic mass is 16.2. The molecule has 1 aliphatic rings. The molecule has 1 saturated heterocycles. The lowest BCUT2D eigenvalue weighted by Gasteiger charge is -2.22. The van der Waals surface area contributed by atoms with E-state index in [1.54, 1.807) is 13.1 Å². The number of likely N-dealkylation sites (tertiary alicyclic amines) is 1. The number of amides is 1. The molecule has 0 aromatic carbocycles. The van der Waals surface area contributed by atoms with E-state index in [9.17, 15) is 4.79 Å². The average molecular weight is 205 g/mol. The first-order chi connectivity index (χ1) is 7.18. The van der Waals surface area contributed by atoms with Gasteiger partial charge in [-0.2, -0.15) is 0 Å². The molecule has 1 atom stereocenters. The number of nitrogens with zero attached hydrogens (tertiary/aromatic N) is 3. The van der Waals surface area contributed by atoms with Gasteiger partial charge in [-0.25, -0.2) is 9.97 Å². The van der Waals surface area contributed by atoms with E-state index in [4.69, 9.17) is 0 Å². The van der Waals surface area contributed by atoms with Crippen LogP contribution in [0.4, 0.5) is 0 Å². The van der Waals surface area contributed by atoms with Crippen LogP contribution in [0.25, 0.3) is 0 Å². The van der Waals surface area contributed by atoms with Gasteiger partial charge in [-0.05, 0) is 25.8 Å². The number of hydrogen-bond donors (Lipinski definition) is 0. The Labute approximate surface area is 89.3 Å². The Balaban J connectivity index is 2.26. The van der Waals surface area contributed by atoms with Crippen LogP contribution in [-0.2, 0) is 4.79 Å². The zero-order valence-corrected chi connectivity index (χ0v) is 9.10. The molecule has 0 saturated carbocycles. The number of aryl methyl sites for hydroxylation is 1. The smallest absolute Gasteiger partial charge is 0.220 e. The zero-order valence-electron chi connectivity index (χ0n) is 9.10. The van der Waals surface area contributed by atoms with Crippen LogP contribution in [0.1, 0.15) is 37.3 Å². The first kappa shape index (κ1) is 10.1. The molecule has 2 rings (SSSR count). The summed E-state index contributed by atoms with van der Waals surface area (Å²) in [6, 6.07) is 2.06. The SMILES string of the molecule is CC(=O)N1CCCC1c1ccnc(C)n1. The first-order valence-corrected chi connectivity index (χ1v) is 5.25. The summed E-state index contributed by atoms with van der Waals surface area (Å²) in [5.41, 5.74) is 0.968. The van der Waals surface area contributed by atoms with E-state index in [1.165, 1.54) is 0 Å². The Morgan fingerprint density at radius 3 is 3.07 bits per heavy atom. The van der Waals surface area contributed by atoms with Crippen molar-refractivity contribution >= 4 is 5.91 Å². The van der Waals surface area contributed by atoms with Crippen molar-refractivity contribution in [2.45, 2.75) is 32.7 Å². The third-order valence-corrected chi connectivity index (χ3v) is 2.80. The fourth-order valence-corrected chi connectivity index (χ4v) is 2.11. The van der Waals surface area contributed by atoms with Crippen LogP contribution in [-0.4, -0.2) is 27.3 Å². The second-order valence-electron chi connectivity index (χ2n) is 3.90. The van der Waals surface area contributed by atoms with Crippen molar-refractivity contribution in [3.05, 3.63) is 23.8 Å². The van der Waals surface area contributed by atoms with E-state index >= 15 is 0 Å². The van der Waals surface area contributed by atoms with Crippen LogP contribution < -0.4 is 0 Å². The van der Waals surface area contributed by atoms with Crippen LogP contribution in [0.3, 0.4) is 0 Å². The molecule has 0 N–H and O–H groups in total. The molecule has 0 spiro atoms. The van der Waals surface area contributed by atoms with Gasteiger partial charge < -0.3 is 4.90 Å². The Hall–Kier alpha value is -1.45. The van der Waals surface area contributed by atoms with E-state index in [0.29, 0.717) is 0 Å². The molecule has 80 valence electrons. The summed E-state index contributed by atoms with van der Waals surface area (Å²) in [6.45, 7) is 4.34. The fraction of sp³-hybridized carbons (Fsp3) is 0.545. The molecule has 0 bridgehead atoms. The number of carbonyl (C=O) groups excluding carboxylic acids is 1. The number of rotatable bonds is 1. The quantitative estimate of drug-likeness (QED) is 0.697. The van der Waals surface area contributed by atoms with Crippen molar-refractivity contribution in [2.24, 2.45) is 0 Å². The zero-order chi connectivity index (χ0) is 10.8. The second kappa shape index (κ2) is 3.96. The Kier molecular flexibility index (Phi) is 2.66. The second-order valence-corrected chi connectivity index (χ2v) is 3.90. The van der Waals surface area contributed by atoms with Gasteiger partial charge in [-0.3, -0.25) is 4.79 Å². The first-order valence-electron chi connectivity index (χ1n) is 5.25. The lowest BCUT2D eigenvalue weighted by molar-refractivity contribution is -0.129. The van der Waals surface area contributed by atoms with Crippen molar-refractivity contribution in [2.75, 3.05) is 6.54 Å². The minimum absolute atomic E-state index is 0.133. The lowest BCUT2D eigenvalue weighted by Crippen LogP contribution is -2.28. The maximum Gasteiger partial charge on any atom is 0.220 e. The maximum atomic E-state index is 11.4. The number of hydrogen-bond acceptors (Lipinski definition) is 3. The summed E-state index contributed by atoms with van der Waals surface area (Å²) in [5.74, 6) is 0.900. The van der Waals surface area contributed by atoms with Crippen molar-refractivity contribution in [1.82, 2.24) is 14.9 Å². The van der Waals surface area contributed by atoms with Gasteiger partial charge in [0.1, 0.15) is 5.82 Å². The van der Waals surface area contributed by atoms with Gasteiger partial charge in [0, 0.05) is 19.7 Å². The summed E-state index contributed by atoms with van der Waals surface area (Å²) in [4.78, 5) is 21.7. The van der Waals surface area contributed by atoms with Crippen LogP contribution in [0, 0.1) is 6.92 Å². The molecule has 0 aliphatic carbocycles. The predicted octanol–water partition coefficient (Wildman–Crippen LogP) is 1.47. The summed E-state index contributed by atoms with van der Waals surface area (Å²) < 4.78 is 0. The molecule has 2 heterocycles. The van der Waals surface area contributed by atoms with E-state index in [1.807, 2.05) is 17.9 Å². The molecule has 1 aromatic rings. The van der Waals surface area contributed by atoms with Gasteiger partial charge in [-0.15, -0.1) is 0 Å². The predicted molar refractivity (Wildman–Crippen MR) is 56.1 cm³/mol. The minimum Gasteiger partial charge on any atom is -0.334 e. The maximum absolute atomic E-state index is 11.4. The minimum atomic E-state index is 0.133. The van der Waals surface area contributed by atoms with Crippen molar-refractivity contribution < 1.29 is 4.79 Å². The van der Waals surface area contributed by atoms with Gasteiger partial charge >= 0.3 is 0 Å². The topological polar surface area (TPSA) is 46.1 Å². The molecule has 1 aromatic heterocycles. The number of aromatic nitrogens is 2. The van der Waals surface area contributed by atoms with Gasteiger partial charge in [0.2, 0.25) is 5.91 Å². The van der Waals surface area contributed by atoms with Crippen LogP contribution >= 0.6 is 0 Å². The highest BCUT2D eigenvalue weighted by Crippen LogP contribution is 2.30. The van der Waals surface area contributed by atoms with E-state index in [0.717, 1.165) is 30.9 Å². The fourth-order valence-electron chi connectivity index (χ4n) is 2.11.